The number of hydrogen-bond acceptors (Lipinski definition) is 7. The van der Waals surface area contributed by atoms with E-state index in [-0.39, 0.29) is 89.1 Å². The fourth-order valence-electron chi connectivity index (χ4n) is 0. The van der Waals surface area contributed by atoms with Crippen LogP contribution in [0.25, 0.3) is 0 Å². The van der Waals surface area contributed by atoms with Crippen molar-refractivity contribution in [1.82, 2.24) is 0 Å². The van der Waals surface area contributed by atoms with Gasteiger partial charge in [-0.05, 0) is 12.7 Å². The van der Waals surface area contributed by atoms with E-state index in [2.05, 4.69) is 6.92 Å². The fraction of sp³-hybridized carbons (Fsp3) is 0.375. The smallest absolute Gasteiger partial charge is 0.665 e. The number of ketones is 1. The number of Topliss-reactive ketones (excluding diaryl/α,β-unsaturated/α-hetero) is 1. The predicted molar refractivity (Wildman–Crippen MR) is 58.5 cm³/mol. The zero-order chi connectivity index (χ0) is 15.3. The minimum absolute atomic E-state index is 0. The molecule has 0 aromatic carbocycles. The Kier molecular flexibility index (Phi) is 179. The first-order chi connectivity index (χ1) is 7.71. The second-order valence-corrected chi connectivity index (χ2v) is 1.85. The first-order valence-electron chi connectivity index (χ1n) is 3.41. The monoisotopic (exact) mass is 929 g/mol. The molecule has 0 amide bonds. The summed E-state index contributed by atoms with van der Waals surface area (Å²) in [6.07, 6.45) is 3.00. The standard InChI is InChI=1S/C3H5O.2C2H3O.CHO2.HO3S.2U.W/c1-3(2)4;2*1-2-3;2-1-3;1-4(2)3;;;/h1H2,2H3;2*1H3;(H,2,3);(H,1,2,3);;;/q5*-1;2*+2;. The molecule has 12 heteroatoms. The van der Waals surface area contributed by atoms with Crippen molar-refractivity contribution < 1.29 is 121 Å². The van der Waals surface area contributed by atoms with E-state index in [0.717, 1.165) is 0 Å². The molecule has 0 saturated heterocycles. The van der Waals surface area contributed by atoms with Crippen LogP contribution in [0.1, 0.15) is 20.8 Å². The van der Waals surface area contributed by atoms with Gasteiger partial charge in [0.2, 0.25) is 0 Å². The van der Waals surface area contributed by atoms with Gasteiger partial charge in [-0.2, -0.15) is 13.8 Å². The zero-order valence-corrected chi connectivity index (χ0v) is 22.9. The molecule has 0 radical (unpaired) electrons. The van der Waals surface area contributed by atoms with Crippen molar-refractivity contribution >= 4 is 35.8 Å². The van der Waals surface area contributed by atoms with Gasteiger partial charge in [-0.25, -0.2) is 0 Å². The summed E-state index contributed by atoms with van der Waals surface area (Å²) in [5, 5.41) is 6.76. The molecule has 0 bridgehead atoms. The summed E-state index contributed by atoms with van der Waals surface area (Å²) in [6, 6.07) is 0. The molecule has 0 saturated carbocycles. The largest absolute Gasteiger partial charge is 2.00 e. The van der Waals surface area contributed by atoms with E-state index in [0.29, 0.717) is 6.47 Å². The Morgan fingerprint density at radius 2 is 1.05 bits per heavy atom. The zero-order valence-electron chi connectivity index (χ0n) is 10.9. The molecular weight excluding hydrogens is 916 g/mol. The molecule has 0 aliphatic rings. The second kappa shape index (κ2) is 72.0. The molecule has 0 aromatic rings. The minimum atomic E-state index is -2.86. The van der Waals surface area contributed by atoms with Gasteiger partial charge < -0.3 is 44.2 Å². The first-order valence-corrected chi connectivity index (χ1v) is 4.44. The molecule has 0 aromatic heterocycles. The van der Waals surface area contributed by atoms with Crippen LogP contribution in [-0.2, 0) is 59.6 Å². The van der Waals surface area contributed by atoms with Gasteiger partial charge in [0.25, 0.3) is 0 Å². The maximum absolute atomic E-state index is 9.33. The van der Waals surface area contributed by atoms with Crippen molar-refractivity contribution in [1.29, 1.82) is 0 Å². The van der Waals surface area contributed by atoms with Crippen molar-refractivity contribution in [3.63, 3.8) is 0 Å². The molecule has 2 N–H and O–H groups in total. The molecule has 0 aliphatic carbocycles. The van der Waals surface area contributed by atoms with Crippen LogP contribution in [0.15, 0.2) is 0 Å². The van der Waals surface area contributed by atoms with E-state index in [1.165, 1.54) is 33.3 Å². The van der Waals surface area contributed by atoms with E-state index in [9.17, 15) is 4.79 Å². The van der Waals surface area contributed by atoms with Crippen molar-refractivity contribution in [3.05, 3.63) is 6.92 Å². The molecule has 114 valence electrons. The van der Waals surface area contributed by atoms with E-state index >= 15 is 0 Å². The third kappa shape index (κ3) is 5610. The second-order valence-electron chi connectivity index (χ2n) is 1.42. The van der Waals surface area contributed by atoms with Crippen LogP contribution in [0.3, 0.4) is 0 Å². The molecule has 20 heavy (non-hydrogen) atoms. The average molecular weight is 929 g/mol. The van der Waals surface area contributed by atoms with Gasteiger partial charge in [-0.15, -0.1) is 0 Å². The number of aliphatic hydroxyl groups excluding tert-OH is 1. The summed E-state index contributed by atoms with van der Waals surface area (Å²) in [4.78, 5) is 34.9. The summed E-state index contributed by atoms with van der Waals surface area (Å²) in [7, 11) is -2.86. The first kappa shape index (κ1) is 49.7. The van der Waals surface area contributed by atoms with Crippen molar-refractivity contribution in [2.24, 2.45) is 0 Å². The fourth-order valence-corrected chi connectivity index (χ4v) is 0. The molecule has 8 nitrogen and oxygen atoms in total. The van der Waals surface area contributed by atoms with Crippen molar-refractivity contribution in [2.75, 3.05) is 0 Å². The van der Waals surface area contributed by atoms with Crippen LogP contribution in [0.5, 0.6) is 0 Å². The third-order valence-corrected chi connectivity index (χ3v) is 0. The average Bonchev–Trinajstić information content (AvgIpc) is 2.03. The molecule has 0 atom stereocenters. The SMILES string of the molecule is C[C-]=O.C[C-]=O.O=[C-]O.O=[S-](=O)O.[CH2-]C(C)=O.[U+2].[U+2].[W]. The Morgan fingerprint density at radius 1 is 1.05 bits per heavy atom. The van der Waals surface area contributed by atoms with Crippen LogP contribution in [0.2, 0.25) is 0 Å². The number of carbonyl (C=O) groups excluding carboxylic acids is 3. The Hall–Kier alpha value is 1.05. The van der Waals surface area contributed by atoms with Gasteiger partial charge in [-0.1, -0.05) is 6.47 Å². The summed E-state index contributed by atoms with van der Waals surface area (Å²) < 4.78 is 24.1. The summed E-state index contributed by atoms with van der Waals surface area (Å²) in [5.41, 5.74) is 0. The Morgan fingerprint density at radius 3 is 1.05 bits per heavy atom. The maximum atomic E-state index is 9.33. The maximum Gasteiger partial charge on any atom is 2.00 e. The molecule has 0 aliphatic heterocycles. The van der Waals surface area contributed by atoms with E-state index in [1.807, 2.05) is 0 Å². The van der Waals surface area contributed by atoms with Crippen LogP contribution >= 0.6 is 0 Å². The Bertz CT molecular complexity index is 222. The van der Waals surface area contributed by atoms with Crippen LogP contribution in [0, 0.1) is 69.2 Å². The Balaban J connectivity index is -0.0000000146. The molecular formula is C8H13O8SU2W-. The van der Waals surface area contributed by atoms with Gasteiger partial charge in [0.1, 0.15) is 0 Å². The van der Waals surface area contributed by atoms with Gasteiger partial charge in [0, 0.05) is 32.1 Å². The number of hydrogen-bond donors (Lipinski definition) is 2. The minimum Gasteiger partial charge on any atom is -0.665 e. The van der Waals surface area contributed by atoms with E-state index in [1.54, 1.807) is 0 Å². The van der Waals surface area contributed by atoms with Crippen molar-refractivity contribution in [2.45, 2.75) is 20.8 Å². The van der Waals surface area contributed by atoms with Gasteiger partial charge in [0.15, 0.2) is 0 Å². The molecule has 0 spiro atoms. The van der Waals surface area contributed by atoms with Crippen LogP contribution < -0.4 is 0 Å². The summed E-state index contributed by atoms with van der Waals surface area (Å²) >= 11 is 0. The van der Waals surface area contributed by atoms with Crippen LogP contribution in [-0.4, -0.2) is 34.5 Å². The summed E-state index contributed by atoms with van der Waals surface area (Å²) in [6.45, 7) is 7.56. The van der Waals surface area contributed by atoms with E-state index < -0.39 is 11.0 Å². The van der Waals surface area contributed by atoms with E-state index in [4.69, 9.17) is 32.5 Å². The van der Waals surface area contributed by atoms with Crippen LogP contribution in [0.4, 0.5) is 0 Å². The van der Waals surface area contributed by atoms with Gasteiger partial charge in [-0.3, -0.25) is 12.6 Å². The topological polar surface area (TPSA) is 143 Å². The third-order valence-electron chi connectivity index (χ3n) is 0. The Labute approximate surface area is 182 Å². The summed E-state index contributed by atoms with van der Waals surface area (Å²) in [5.74, 6) is -0.0833. The van der Waals surface area contributed by atoms with Crippen molar-refractivity contribution in [3.8, 4) is 0 Å². The normalized spacial score (nSPS) is 4.85. The van der Waals surface area contributed by atoms with Gasteiger partial charge >= 0.3 is 62.2 Å². The molecule has 0 fully saturated rings. The molecule has 0 unspecified atom stereocenters. The molecule has 0 heterocycles. The van der Waals surface area contributed by atoms with Gasteiger partial charge in [0.05, 0.1) is 0 Å². The quantitative estimate of drug-likeness (QED) is 0.150. The predicted octanol–water partition coefficient (Wildman–Crippen LogP) is 0.0193. The number of carbonyl (C=O) groups is 1. The number of rotatable bonds is 0. The molecule has 0 rings (SSSR count).